The minimum absolute atomic E-state index is 0.166. The van der Waals surface area contributed by atoms with Crippen LogP contribution < -0.4 is 0 Å². The van der Waals surface area contributed by atoms with E-state index < -0.39 is 15.6 Å². The average molecular weight is 417 g/mol. The minimum Gasteiger partial charge on any atom is -0.377 e. The third kappa shape index (κ3) is 2.50. The van der Waals surface area contributed by atoms with E-state index in [1.165, 1.54) is 12.7 Å². The number of fused-ring (bicyclic) bond motifs is 6. The van der Waals surface area contributed by atoms with E-state index >= 15 is 0 Å². The molecular weight excluding hydrogens is 384 g/mol. The van der Waals surface area contributed by atoms with Gasteiger partial charge in [-0.1, -0.05) is 19.8 Å². The number of aromatic nitrogens is 2. The fourth-order valence-electron chi connectivity index (χ4n) is 7.95. The zero-order valence-corrected chi connectivity index (χ0v) is 18.5. The van der Waals surface area contributed by atoms with Gasteiger partial charge in [-0.25, -0.2) is 8.42 Å². The molecule has 1 aromatic heterocycles. The Bertz CT molecular complexity index is 1010. The van der Waals surface area contributed by atoms with Crippen LogP contribution in [-0.4, -0.2) is 34.6 Å². The van der Waals surface area contributed by atoms with Crippen LogP contribution in [-0.2, 0) is 22.9 Å². The largest absolute Gasteiger partial charge is 0.377 e. The summed E-state index contributed by atoms with van der Waals surface area (Å²) in [6.07, 6.45) is 16.7. The fraction of sp³-hybridized carbons (Fsp3) is 0.783. The van der Waals surface area contributed by atoms with Crippen LogP contribution in [0.1, 0.15) is 63.6 Å². The van der Waals surface area contributed by atoms with Crippen molar-refractivity contribution in [1.82, 2.24) is 9.19 Å². The Kier molecular flexibility index (Phi) is 3.98. The number of rotatable bonds is 1. The monoisotopic (exact) mass is 416 g/mol. The molecule has 3 saturated carbocycles. The van der Waals surface area contributed by atoms with Crippen molar-refractivity contribution in [3.8, 4) is 12.3 Å². The van der Waals surface area contributed by atoms with Gasteiger partial charge in [-0.3, -0.25) is 0 Å². The van der Waals surface area contributed by atoms with Crippen LogP contribution in [0.15, 0.2) is 6.20 Å². The molecule has 0 saturated heterocycles. The quantitative estimate of drug-likeness (QED) is 0.715. The van der Waals surface area contributed by atoms with Gasteiger partial charge in [-0.15, -0.1) is 6.42 Å². The first-order chi connectivity index (χ1) is 13.5. The SMILES string of the molecule is C#C[C@@]1(O)CC[C@H]2[C@@H]3CC[C@H]4Cc5nn(S(C)(=O)=O)cc5C[C@]4(C)[C@H]3CC[C@@]21C. The Morgan fingerprint density at radius 3 is 2.62 bits per heavy atom. The van der Waals surface area contributed by atoms with Crippen molar-refractivity contribution in [2.45, 2.75) is 70.8 Å². The van der Waals surface area contributed by atoms with Gasteiger partial charge in [0, 0.05) is 11.6 Å². The third-order valence-corrected chi connectivity index (χ3v) is 10.5. The van der Waals surface area contributed by atoms with Gasteiger partial charge >= 0.3 is 0 Å². The van der Waals surface area contributed by atoms with Crippen LogP contribution in [0.3, 0.4) is 0 Å². The Balaban J connectivity index is 1.49. The summed E-state index contributed by atoms with van der Waals surface area (Å²) < 4.78 is 25.1. The lowest BCUT2D eigenvalue weighted by molar-refractivity contribution is -0.127. The molecule has 0 aliphatic heterocycles. The lowest BCUT2D eigenvalue weighted by Crippen LogP contribution is -2.56. The molecule has 158 valence electrons. The first-order valence-corrected chi connectivity index (χ1v) is 12.8. The van der Waals surface area contributed by atoms with E-state index in [4.69, 9.17) is 6.42 Å². The lowest BCUT2D eigenvalue weighted by Gasteiger charge is -2.60. The number of nitrogens with zero attached hydrogens (tertiary/aromatic N) is 2. The summed E-state index contributed by atoms with van der Waals surface area (Å²) in [5.74, 6) is 5.00. The first-order valence-electron chi connectivity index (χ1n) is 11.0. The Labute approximate surface area is 174 Å². The highest BCUT2D eigenvalue weighted by atomic mass is 32.2. The molecule has 1 N–H and O–H groups in total. The van der Waals surface area contributed by atoms with E-state index in [2.05, 4.69) is 24.9 Å². The molecule has 0 unspecified atom stereocenters. The maximum Gasteiger partial charge on any atom is 0.250 e. The Hall–Kier alpha value is -1.32. The van der Waals surface area contributed by atoms with Gasteiger partial charge in [0.1, 0.15) is 5.60 Å². The van der Waals surface area contributed by atoms with Crippen LogP contribution in [0.25, 0.3) is 0 Å². The number of aliphatic hydroxyl groups is 1. The molecule has 6 heteroatoms. The molecule has 5 nitrogen and oxygen atoms in total. The molecule has 4 aliphatic rings. The highest BCUT2D eigenvalue weighted by molar-refractivity contribution is 7.89. The summed E-state index contributed by atoms with van der Waals surface area (Å²) in [7, 11) is -3.35. The highest BCUT2D eigenvalue weighted by Crippen LogP contribution is 2.67. The van der Waals surface area contributed by atoms with Gasteiger partial charge in [0.15, 0.2) is 0 Å². The van der Waals surface area contributed by atoms with Gasteiger partial charge in [0.2, 0.25) is 0 Å². The molecule has 0 aromatic carbocycles. The van der Waals surface area contributed by atoms with E-state index in [0.717, 1.165) is 60.3 Å². The van der Waals surface area contributed by atoms with Crippen LogP contribution in [0.5, 0.6) is 0 Å². The molecule has 0 amide bonds. The van der Waals surface area contributed by atoms with Crippen molar-refractivity contribution in [2.75, 3.05) is 6.26 Å². The lowest BCUT2D eigenvalue weighted by atomic mass is 9.44. The fourth-order valence-corrected chi connectivity index (χ4v) is 8.52. The van der Waals surface area contributed by atoms with Crippen LogP contribution in [0, 0.1) is 46.8 Å². The van der Waals surface area contributed by atoms with E-state index in [1.54, 1.807) is 6.20 Å². The van der Waals surface area contributed by atoms with Crippen LogP contribution in [0.2, 0.25) is 0 Å². The average Bonchev–Trinajstić information content (AvgIpc) is 3.18. The predicted octanol–water partition coefficient (Wildman–Crippen LogP) is 3.01. The maximum atomic E-state index is 12.0. The van der Waals surface area contributed by atoms with Crippen molar-refractivity contribution in [2.24, 2.45) is 34.5 Å². The summed E-state index contributed by atoms with van der Waals surface area (Å²) in [5.41, 5.74) is 1.11. The standard InChI is InChI=1S/C23H32N2O3S/c1-5-23(26)11-9-19-17-7-6-16-12-20-15(14-25(24-20)29(4,27)28)13-21(16,2)18(17)8-10-22(19,23)3/h1,14,16-19,26H,6-13H2,2-4H3/t16-,17+,18-,19-,21-,22-,23+/m0/s1. The third-order valence-electron chi connectivity index (χ3n) is 9.66. The summed E-state index contributed by atoms with van der Waals surface area (Å²) in [6, 6.07) is 0. The molecule has 0 radical (unpaired) electrons. The molecule has 0 spiro atoms. The second-order valence-electron chi connectivity index (χ2n) is 10.8. The van der Waals surface area contributed by atoms with Crippen molar-refractivity contribution in [3.05, 3.63) is 17.5 Å². The molecule has 29 heavy (non-hydrogen) atoms. The normalized spacial score (nSPS) is 46.2. The zero-order valence-electron chi connectivity index (χ0n) is 17.7. The minimum atomic E-state index is -3.35. The Morgan fingerprint density at radius 1 is 1.21 bits per heavy atom. The molecule has 5 rings (SSSR count). The molecule has 0 bridgehead atoms. The van der Waals surface area contributed by atoms with E-state index in [-0.39, 0.29) is 10.8 Å². The van der Waals surface area contributed by atoms with Crippen molar-refractivity contribution >= 4 is 10.0 Å². The molecule has 4 aliphatic carbocycles. The van der Waals surface area contributed by atoms with Crippen molar-refractivity contribution in [1.29, 1.82) is 0 Å². The summed E-state index contributed by atoms with van der Waals surface area (Å²) in [6.45, 7) is 4.66. The van der Waals surface area contributed by atoms with E-state index in [0.29, 0.717) is 23.7 Å². The smallest absolute Gasteiger partial charge is 0.250 e. The van der Waals surface area contributed by atoms with Gasteiger partial charge in [-0.2, -0.15) is 9.19 Å². The molecular formula is C23H32N2O3S. The van der Waals surface area contributed by atoms with E-state index in [1.807, 2.05) is 0 Å². The second kappa shape index (κ2) is 5.88. The second-order valence-corrected chi connectivity index (χ2v) is 12.6. The van der Waals surface area contributed by atoms with Gasteiger partial charge in [0.25, 0.3) is 10.0 Å². The summed E-state index contributed by atoms with van der Waals surface area (Å²) >= 11 is 0. The first kappa shape index (κ1) is 19.6. The topological polar surface area (TPSA) is 72.2 Å². The molecule has 7 atom stereocenters. The molecule has 1 heterocycles. The maximum absolute atomic E-state index is 12.0. The van der Waals surface area contributed by atoms with Crippen molar-refractivity contribution in [3.63, 3.8) is 0 Å². The Morgan fingerprint density at radius 2 is 1.93 bits per heavy atom. The zero-order chi connectivity index (χ0) is 20.8. The number of hydrogen-bond acceptors (Lipinski definition) is 4. The van der Waals surface area contributed by atoms with Gasteiger partial charge in [-0.05, 0) is 86.0 Å². The summed E-state index contributed by atoms with van der Waals surface area (Å²) in [5, 5.41) is 15.6. The summed E-state index contributed by atoms with van der Waals surface area (Å²) in [4.78, 5) is 0. The van der Waals surface area contributed by atoms with E-state index in [9.17, 15) is 13.5 Å². The molecule has 1 aromatic rings. The predicted molar refractivity (Wildman–Crippen MR) is 112 cm³/mol. The van der Waals surface area contributed by atoms with Gasteiger partial charge < -0.3 is 5.11 Å². The van der Waals surface area contributed by atoms with Crippen LogP contribution in [0.4, 0.5) is 0 Å². The highest BCUT2D eigenvalue weighted by Gasteiger charge is 2.64. The van der Waals surface area contributed by atoms with Crippen LogP contribution >= 0.6 is 0 Å². The number of hydrogen-bond donors (Lipinski definition) is 1. The van der Waals surface area contributed by atoms with Gasteiger partial charge in [0.05, 0.1) is 11.9 Å². The van der Waals surface area contributed by atoms with Crippen molar-refractivity contribution < 1.29 is 13.5 Å². The number of terminal acetylenes is 1. The molecule has 3 fully saturated rings.